The van der Waals surface area contributed by atoms with Crippen molar-refractivity contribution in [3.8, 4) is 0 Å². The molecule has 0 spiro atoms. The molecule has 0 aromatic heterocycles. The van der Waals surface area contributed by atoms with Crippen LogP contribution in [0.2, 0.25) is 0 Å². The highest BCUT2D eigenvalue weighted by Crippen LogP contribution is 2.24. The van der Waals surface area contributed by atoms with E-state index in [2.05, 4.69) is 0 Å². The Morgan fingerprint density at radius 2 is 1.00 bits per heavy atom. The number of benzene rings is 5. The summed E-state index contributed by atoms with van der Waals surface area (Å²) in [7, 11) is 0. The van der Waals surface area contributed by atoms with Crippen LogP contribution >= 0.6 is 0 Å². The largest absolute Gasteiger partial charge is 0.388 e. The SMILES string of the molecule is O=[N+]([O-])c1ccc(/C=C/[C@H](OCc2ccccc2)[C@@H](OCc2ccccc2)[C@H](OCc2ccccc2)[C@H](O)COCc2ccccc2)cc1. The summed E-state index contributed by atoms with van der Waals surface area (Å²) in [5.41, 5.74) is 4.59. The minimum Gasteiger partial charge on any atom is -0.388 e. The fourth-order valence-electron chi connectivity index (χ4n) is 5.24. The average molecular weight is 660 g/mol. The molecule has 0 aliphatic carbocycles. The average Bonchev–Trinajstić information content (AvgIpc) is 3.15. The Morgan fingerprint density at radius 1 is 0.571 bits per heavy atom. The van der Waals surface area contributed by atoms with Crippen LogP contribution in [-0.2, 0) is 45.4 Å². The number of nitrogens with zero attached hydrogens (tertiary/aromatic N) is 1. The maximum Gasteiger partial charge on any atom is 0.269 e. The molecule has 4 atom stereocenters. The molecular weight excluding hydrogens is 618 g/mol. The topological polar surface area (TPSA) is 100 Å². The lowest BCUT2D eigenvalue weighted by Gasteiger charge is -2.35. The van der Waals surface area contributed by atoms with Gasteiger partial charge in [0.2, 0.25) is 0 Å². The van der Waals surface area contributed by atoms with Gasteiger partial charge in [-0.1, -0.05) is 133 Å². The van der Waals surface area contributed by atoms with E-state index in [-0.39, 0.29) is 32.1 Å². The van der Waals surface area contributed by atoms with Gasteiger partial charge in [-0.05, 0) is 39.9 Å². The Balaban J connectivity index is 1.46. The second kappa shape index (κ2) is 19.1. The summed E-state index contributed by atoms with van der Waals surface area (Å²) in [6, 6.07) is 45.4. The molecule has 0 radical (unpaired) electrons. The Hall–Kier alpha value is -4.96. The van der Waals surface area contributed by atoms with Gasteiger partial charge < -0.3 is 24.1 Å². The van der Waals surface area contributed by atoms with E-state index in [1.807, 2.05) is 133 Å². The van der Waals surface area contributed by atoms with Crippen molar-refractivity contribution in [2.75, 3.05) is 6.61 Å². The second-order valence-corrected chi connectivity index (χ2v) is 11.6. The molecule has 8 nitrogen and oxygen atoms in total. The standard InChI is InChI=1S/C41H41NO7/c43-38(31-46-27-33-13-5-1-6-14-33)40(48-29-35-17-9-3-10-18-35)41(49-30-36-19-11-4-12-20-36)39(47-28-34-15-7-2-8-16-34)26-23-32-21-24-37(25-22-32)42(44)45/h1-26,38-41,43H,27-31H2/b26-23+/t38-,39+,40-,41-/m1/s1. The van der Waals surface area contributed by atoms with Crippen molar-refractivity contribution in [3.05, 3.63) is 190 Å². The van der Waals surface area contributed by atoms with Gasteiger partial charge >= 0.3 is 0 Å². The molecule has 0 saturated carbocycles. The fraction of sp³-hybridized carbons (Fsp3) is 0.220. The van der Waals surface area contributed by atoms with Gasteiger partial charge in [0.25, 0.3) is 5.69 Å². The molecule has 0 fully saturated rings. The second-order valence-electron chi connectivity index (χ2n) is 11.6. The van der Waals surface area contributed by atoms with Crippen LogP contribution in [0.25, 0.3) is 6.08 Å². The van der Waals surface area contributed by atoms with Crippen molar-refractivity contribution in [2.45, 2.75) is 50.8 Å². The van der Waals surface area contributed by atoms with Crippen LogP contribution in [0.15, 0.2) is 152 Å². The number of aliphatic hydroxyl groups is 1. The lowest BCUT2D eigenvalue weighted by molar-refractivity contribution is -0.384. The summed E-state index contributed by atoms with van der Waals surface area (Å²) < 4.78 is 25.7. The summed E-state index contributed by atoms with van der Waals surface area (Å²) >= 11 is 0. The van der Waals surface area contributed by atoms with E-state index >= 15 is 0 Å². The molecule has 49 heavy (non-hydrogen) atoms. The lowest BCUT2D eigenvalue weighted by atomic mass is 10.0. The van der Waals surface area contributed by atoms with Crippen LogP contribution in [0.4, 0.5) is 5.69 Å². The summed E-state index contributed by atoms with van der Waals surface area (Å²) in [4.78, 5) is 10.8. The number of aliphatic hydroxyl groups excluding tert-OH is 1. The zero-order valence-electron chi connectivity index (χ0n) is 27.2. The first-order chi connectivity index (χ1) is 24.0. The molecule has 5 aromatic carbocycles. The number of hydrogen-bond donors (Lipinski definition) is 1. The minimum absolute atomic E-state index is 0.00296. The molecule has 0 unspecified atom stereocenters. The normalized spacial score (nSPS) is 13.9. The van der Waals surface area contributed by atoms with Crippen molar-refractivity contribution in [1.82, 2.24) is 0 Å². The molecule has 5 aromatic rings. The van der Waals surface area contributed by atoms with E-state index < -0.39 is 29.3 Å². The molecule has 1 N–H and O–H groups in total. The van der Waals surface area contributed by atoms with Gasteiger partial charge in [-0.25, -0.2) is 0 Å². The molecule has 0 amide bonds. The number of nitro groups is 1. The van der Waals surface area contributed by atoms with Gasteiger partial charge in [0.1, 0.15) is 24.4 Å². The van der Waals surface area contributed by atoms with Crippen molar-refractivity contribution in [1.29, 1.82) is 0 Å². The van der Waals surface area contributed by atoms with Crippen LogP contribution in [0.5, 0.6) is 0 Å². The van der Waals surface area contributed by atoms with Crippen molar-refractivity contribution in [3.63, 3.8) is 0 Å². The Kier molecular flexibility index (Phi) is 13.8. The van der Waals surface area contributed by atoms with Crippen molar-refractivity contribution in [2.24, 2.45) is 0 Å². The van der Waals surface area contributed by atoms with Crippen LogP contribution < -0.4 is 0 Å². The highest BCUT2D eigenvalue weighted by atomic mass is 16.6. The molecule has 0 heterocycles. The van der Waals surface area contributed by atoms with E-state index in [0.29, 0.717) is 6.61 Å². The monoisotopic (exact) mass is 659 g/mol. The highest BCUT2D eigenvalue weighted by molar-refractivity contribution is 5.52. The Labute approximate surface area is 287 Å². The Morgan fingerprint density at radius 3 is 1.47 bits per heavy atom. The van der Waals surface area contributed by atoms with Gasteiger partial charge in [-0.15, -0.1) is 0 Å². The summed E-state index contributed by atoms with van der Waals surface area (Å²) in [5.74, 6) is 0. The zero-order chi connectivity index (χ0) is 34.1. The van der Waals surface area contributed by atoms with Gasteiger partial charge in [-0.3, -0.25) is 10.1 Å². The van der Waals surface area contributed by atoms with Gasteiger partial charge in [0.15, 0.2) is 0 Å². The van der Waals surface area contributed by atoms with Crippen molar-refractivity contribution >= 4 is 11.8 Å². The van der Waals surface area contributed by atoms with E-state index in [0.717, 1.165) is 27.8 Å². The van der Waals surface area contributed by atoms with E-state index in [9.17, 15) is 15.2 Å². The molecule has 0 saturated heterocycles. The molecule has 0 aliphatic rings. The Bertz CT molecular complexity index is 1680. The maximum atomic E-state index is 11.8. The predicted octanol–water partition coefficient (Wildman–Crippen LogP) is 7.94. The molecule has 0 aliphatic heterocycles. The van der Waals surface area contributed by atoms with Crippen LogP contribution in [0.1, 0.15) is 27.8 Å². The number of non-ortho nitro benzene ring substituents is 1. The molecule has 252 valence electrons. The number of hydrogen-bond acceptors (Lipinski definition) is 7. The maximum absolute atomic E-state index is 11.8. The smallest absolute Gasteiger partial charge is 0.269 e. The van der Waals surface area contributed by atoms with Gasteiger partial charge in [-0.2, -0.15) is 0 Å². The number of nitro benzene ring substituents is 1. The fourth-order valence-corrected chi connectivity index (χ4v) is 5.24. The van der Waals surface area contributed by atoms with E-state index in [4.69, 9.17) is 18.9 Å². The first-order valence-electron chi connectivity index (χ1n) is 16.2. The number of rotatable bonds is 19. The van der Waals surface area contributed by atoms with Crippen molar-refractivity contribution < 1.29 is 29.0 Å². The minimum atomic E-state index is -1.08. The predicted molar refractivity (Wildman–Crippen MR) is 189 cm³/mol. The molecular formula is C41H41NO7. The number of ether oxygens (including phenoxy) is 4. The third-order valence-corrected chi connectivity index (χ3v) is 7.87. The van der Waals surface area contributed by atoms with Gasteiger partial charge in [0, 0.05) is 12.1 Å². The van der Waals surface area contributed by atoms with E-state index in [1.165, 1.54) is 12.1 Å². The van der Waals surface area contributed by atoms with Crippen LogP contribution in [0.3, 0.4) is 0 Å². The third-order valence-electron chi connectivity index (χ3n) is 7.87. The lowest BCUT2D eigenvalue weighted by Crippen LogP contribution is -2.49. The van der Waals surface area contributed by atoms with Gasteiger partial charge in [0.05, 0.1) is 38.0 Å². The summed E-state index contributed by atoms with van der Waals surface area (Å²) in [6.45, 7) is 1.06. The summed E-state index contributed by atoms with van der Waals surface area (Å²) in [6.07, 6.45) is 0.243. The zero-order valence-corrected chi connectivity index (χ0v) is 27.2. The summed E-state index contributed by atoms with van der Waals surface area (Å²) in [5, 5.41) is 23.0. The third kappa shape index (κ3) is 11.6. The first kappa shape index (κ1) is 35.3. The molecule has 0 bridgehead atoms. The highest BCUT2D eigenvalue weighted by Gasteiger charge is 2.36. The van der Waals surface area contributed by atoms with E-state index in [1.54, 1.807) is 12.1 Å². The quantitative estimate of drug-likeness (QED) is 0.0710. The first-order valence-corrected chi connectivity index (χ1v) is 16.2. The van der Waals surface area contributed by atoms with Crippen LogP contribution in [0, 0.1) is 10.1 Å². The van der Waals surface area contributed by atoms with Crippen LogP contribution in [-0.4, -0.2) is 41.1 Å². The molecule has 8 heteroatoms. The molecule has 5 rings (SSSR count).